The first-order valence-electron chi connectivity index (χ1n) is 7.35. The molecule has 2 heterocycles. The molecule has 1 aliphatic heterocycles. The van der Waals surface area contributed by atoms with Crippen molar-refractivity contribution in [2.75, 3.05) is 6.61 Å². The van der Waals surface area contributed by atoms with Gasteiger partial charge in [0.05, 0.1) is 6.61 Å². The zero-order chi connectivity index (χ0) is 17.4. The van der Waals surface area contributed by atoms with Gasteiger partial charge in [-0.3, -0.25) is 4.79 Å². The van der Waals surface area contributed by atoms with Crippen LogP contribution in [0, 0.1) is 6.92 Å². The predicted octanol–water partition coefficient (Wildman–Crippen LogP) is -0.545. The van der Waals surface area contributed by atoms with Crippen LogP contribution in [0.5, 0.6) is 5.75 Å². The summed E-state index contributed by atoms with van der Waals surface area (Å²) >= 11 is 0. The van der Waals surface area contributed by atoms with Crippen LogP contribution >= 0.6 is 0 Å². The van der Waals surface area contributed by atoms with Gasteiger partial charge in [-0.2, -0.15) is 0 Å². The van der Waals surface area contributed by atoms with Crippen molar-refractivity contribution in [3.63, 3.8) is 0 Å². The molecule has 0 bridgehead atoms. The Morgan fingerprint density at radius 1 is 1.29 bits per heavy atom. The Balaban J connectivity index is 1.89. The molecule has 0 aliphatic carbocycles. The van der Waals surface area contributed by atoms with E-state index in [0.717, 1.165) is 10.9 Å². The number of benzene rings is 1. The highest BCUT2D eigenvalue weighted by Gasteiger charge is 2.43. The van der Waals surface area contributed by atoms with E-state index in [4.69, 9.17) is 24.7 Å². The van der Waals surface area contributed by atoms with Crippen molar-refractivity contribution in [2.24, 2.45) is 5.73 Å². The second kappa shape index (κ2) is 6.33. The molecule has 0 radical (unpaired) electrons. The zero-order valence-electron chi connectivity index (χ0n) is 12.8. The Morgan fingerprint density at radius 3 is 2.75 bits per heavy atom. The first-order chi connectivity index (χ1) is 11.4. The van der Waals surface area contributed by atoms with Crippen LogP contribution in [0.15, 0.2) is 33.5 Å². The lowest BCUT2D eigenvalue weighted by Gasteiger charge is -2.35. The zero-order valence-corrected chi connectivity index (χ0v) is 12.8. The third-order valence-electron chi connectivity index (χ3n) is 3.93. The number of aliphatic hydroxyl groups is 2. The summed E-state index contributed by atoms with van der Waals surface area (Å²) in [6.07, 6.45) is -3.78. The SMILES string of the molecule is Cc1cc(=O)oc2cc(O[C@@H]3OC(CO)[C@@H](O)C(=O)C3N)ccc12. The Labute approximate surface area is 136 Å². The molecular formula is C16H17NO7. The van der Waals surface area contributed by atoms with Gasteiger partial charge in [-0.1, -0.05) is 0 Å². The summed E-state index contributed by atoms with van der Waals surface area (Å²) in [6, 6.07) is 4.99. The maximum Gasteiger partial charge on any atom is 0.336 e. The van der Waals surface area contributed by atoms with E-state index in [0.29, 0.717) is 5.58 Å². The number of ketones is 1. The van der Waals surface area contributed by atoms with E-state index < -0.39 is 42.6 Å². The normalized spacial score (nSPS) is 27.4. The number of rotatable bonds is 3. The van der Waals surface area contributed by atoms with Crippen LogP contribution in [0.2, 0.25) is 0 Å². The van der Waals surface area contributed by atoms with Crippen molar-refractivity contribution < 1.29 is 28.9 Å². The quantitative estimate of drug-likeness (QED) is 0.637. The number of Topliss-reactive ketones (excluding diaryl/α,β-unsaturated/α-hetero) is 1. The lowest BCUT2D eigenvalue weighted by Crippen LogP contribution is -2.61. The fourth-order valence-electron chi connectivity index (χ4n) is 2.60. The summed E-state index contributed by atoms with van der Waals surface area (Å²) in [4.78, 5) is 23.4. The minimum absolute atomic E-state index is 0.276. The van der Waals surface area contributed by atoms with Crippen LogP contribution in [0.4, 0.5) is 0 Å². The van der Waals surface area contributed by atoms with Crippen molar-refractivity contribution in [1.29, 1.82) is 0 Å². The highest BCUT2D eigenvalue weighted by atomic mass is 16.7. The first kappa shape index (κ1) is 16.6. The van der Waals surface area contributed by atoms with Crippen molar-refractivity contribution in [1.82, 2.24) is 0 Å². The average molecular weight is 335 g/mol. The van der Waals surface area contributed by atoms with Gasteiger partial charge in [-0.05, 0) is 24.6 Å². The monoisotopic (exact) mass is 335 g/mol. The summed E-state index contributed by atoms with van der Waals surface area (Å²) in [5.41, 5.74) is 6.33. The highest BCUT2D eigenvalue weighted by Crippen LogP contribution is 2.25. The number of hydrogen-bond acceptors (Lipinski definition) is 8. The minimum Gasteiger partial charge on any atom is -0.463 e. The molecule has 3 rings (SSSR count). The van der Waals surface area contributed by atoms with E-state index in [9.17, 15) is 14.7 Å². The largest absolute Gasteiger partial charge is 0.463 e. The van der Waals surface area contributed by atoms with Crippen LogP contribution in [0.3, 0.4) is 0 Å². The van der Waals surface area contributed by atoms with E-state index in [1.165, 1.54) is 12.1 Å². The van der Waals surface area contributed by atoms with Crippen LogP contribution in [0.1, 0.15) is 5.56 Å². The van der Waals surface area contributed by atoms with E-state index in [-0.39, 0.29) is 5.75 Å². The van der Waals surface area contributed by atoms with Gasteiger partial charge >= 0.3 is 5.63 Å². The number of aliphatic hydroxyl groups excluding tert-OH is 2. The number of fused-ring (bicyclic) bond motifs is 1. The molecule has 8 heteroatoms. The van der Waals surface area contributed by atoms with Gasteiger partial charge in [0.1, 0.15) is 29.6 Å². The summed E-state index contributed by atoms with van der Waals surface area (Å²) in [7, 11) is 0. The highest BCUT2D eigenvalue weighted by molar-refractivity contribution is 5.89. The van der Waals surface area contributed by atoms with Crippen LogP contribution in [0.25, 0.3) is 11.0 Å². The van der Waals surface area contributed by atoms with Crippen molar-refractivity contribution >= 4 is 16.8 Å². The number of hydrogen-bond donors (Lipinski definition) is 3. The molecule has 4 N–H and O–H groups in total. The third kappa shape index (κ3) is 2.92. The lowest BCUT2D eigenvalue weighted by atomic mass is 10.00. The topological polar surface area (TPSA) is 132 Å². The molecule has 2 aromatic rings. The Morgan fingerprint density at radius 2 is 2.04 bits per heavy atom. The smallest absolute Gasteiger partial charge is 0.336 e. The molecule has 0 spiro atoms. The van der Waals surface area contributed by atoms with E-state index >= 15 is 0 Å². The molecule has 24 heavy (non-hydrogen) atoms. The number of carbonyl (C=O) groups is 1. The Bertz CT molecular complexity index is 831. The van der Waals surface area contributed by atoms with Crippen molar-refractivity contribution in [2.45, 2.75) is 31.5 Å². The van der Waals surface area contributed by atoms with Crippen molar-refractivity contribution in [3.8, 4) is 5.75 Å². The van der Waals surface area contributed by atoms with Crippen LogP contribution in [-0.4, -0.2) is 47.1 Å². The van der Waals surface area contributed by atoms with Gasteiger partial charge in [-0.15, -0.1) is 0 Å². The molecule has 4 atom stereocenters. The van der Waals surface area contributed by atoms with E-state index in [1.54, 1.807) is 19.1 Å². The van der Waals surface area contributed by atoms with Gasteiger partial charge in [0.15, 0.2) is 5.78 Å². The molecule has 1 aromatic heterocycles. The van der Waals surface area contributed by atoms with Crippen LogP contribution < -0.4 is 16.1 Å². The van der Waals surface area contributed by atoms with Gasteiger partial charge in [0.2, 0.25) is 6.29 Å². The number of aryl methyl sites for hydroxylation is 1. The summed E-state index contributed by atoms with van der Waals surface area (Å²) in [5.74, 6) is -0.397. The third-order valence-corrected chi connectivity index (χ3v) is 3.93. The number of nitrogens with two attached hydrogens (primary N) is 1. The summed E-state index contributed by atoms with van der Waals surface area (Å²) < 4.78 is 16.0. The summed E-state index contributed by atoms with van der Waals surface area (Å²) in [6.45, 7) is 1.23. The fraction of sp³-hybridized carbons (Fsp3) is 0.375. The van der Waals surface area contributed by atoms with Gasteiger partial charge in [-0.25, -0.2) is 4.79 Å². The predicted molar refractivity (Wildman–Crippen MR) is 82.6 cm³/mol. The van der Waals surface area contributed by atoms with Crippen LogP contribution in [-0.2, 0) is 9.53 Å². The molecule has 1 aromatic carbocycles. The standard InChI is InChI=1S/C16H17NO7/c1-7-4-12(19)23-10-5-8(2-3-9(7)10)22-16-13(17)15(21)14(20)11(6-18)24-16/h2-5,11,13-14,16,18,20H,6,17H2,1H3/t11?,13?,14-,16-/m1/s1. The molecule has 0 saturated carbocycles. The molecule has 0 amide bonds. The number of ether oxygens (including phenoxy) is 2. The van der Waals surface area contributed by atoms with Crippen molar-refractivity contribution in [3.05, 3.63) is 40.2 Å². The maximum absolute atomic E-state index is 11.9. The Kier molecular flexibility index (Phi) is 4.37. The van der Waals surface area contributed by atoms with Gasteiger partial charge in [0.25, 0.3) is 0 Å². The average Bonchev–Trinajstić information content (AvgIpc) is 2.55. The maximum atomic E-state index is 11.9. The molecule has 2 unspecified atom stereocenters. The van der Waals surface area contributed by atoms with E-state index in [1.807, 2.05) is 0 Å². The molecular weight excluding hydrogens is 318 g/mol. The molecule has 128 valence electrons. The molecule has 1 aliphatic rings. The number of carbonyl (C=O) groups excluding carboxylic acids is 1. The second-order valence-electron chi connectivity index (χ2n) is 5.62. The van der Waals surface area contributed by atoms with Gasteiger partial charge < -0.3 is 29.8 Å². The summed E-state index contributed by atoms with van der Waals surface area (Å²) in [5, 5.41) is 19.6. The Hall–Kier alpha value is -2.26. The lowest BCUT2D eigenvalue weighted by molar-refractivity contribution is -0.203. The fourth-order valence-corrected chi connectivity index (χ4v) is 2.60. The molecule has 1 fully saturated rings. The minimum atomic E-state index is -1.50. The molecule has 1 saturated heterocycles. The van der Waals surface area contributed by atoms with E-state index in [2.05, 4.69) is 0 Å². The first-order valence-corrected chi connectivity index (χ1v) is 7.35. The van der Waals surface area contributed by atoms with Gasteiger partial charge in [0, 0.05) is 17.5 Å². The second-order valence-corrected chi connectivity index (χ2v) is 5.62. The molecule has 8 nitrogen and oxygen atoms in total.